The zero-order chi connectivity index (χ0) is 16.4. The van der Waals surface area contributed by atoms with Crippen molar-refractivity contribution in [2.24, 2.45) is 5.41 Å². The fourth-order valence-corrected chi connectivity index (χ4v) is 4.76. The zero-order valence-electron chi connectivity index (χ0n) is 14.3. The summed E-state index contributed by atoms with van der Waals surface area (Å²) < 4.78 is 5.51. The van der Waals surface area contributed by atoms with Crippen molar-refractivity contribution in [3.05, 3.63) is 18.3 Å². The number of aliphatic hydroxyl groups excluding tert-OH is 1. The largest absolute Gasteiger partial charge is 0.392 e. The van der Waals surface area contributed by atoms with E-state index in [0.717, 1.165) is 77.3 Å². The van der Waals surface area contributed by atoms with Crippen LogP contribution in [0.1, 0.15) is 32.1 Å². The molecular weight excluding hydrogens is 304 g/mol. The Hall–Kier alpha value is -1.24. The summed E-state index contributed by atoms with van der Waals surface area (Å²) in [6.45, 7) is 5.71. The van der Waals surface area contributed by atoms with Gasteiger partial charge in [-0.2, -0.15) is 5.10 Å². The van der Waals surface area contributed by atoms with Gasteiger partial charge in [0, 0.05) is 51.6 Å². The zero-order valence-corrected chi connectivity index (χ0v) is 14.3. The van der Waals surface area contributed by atoms with E-state index in [-0.39, 0.29) is 11.5 Å². The number of piperidine rings is 2. The molecule has 0 saturated carbocycles. The molecule has 6 heteroatoms. The molecule has 1 aromatic rings. The van der Waals surface area contributed by atoms with Crippen LogP contribution in [-0.4, -0.2) is 71.7 Å². The minimum absolute atomic E-state index is 0.190. The highest BCUT2D eigenvalue weighted by atomic mass is 16.5. The van der Waals surface area contributed by atoms with Crippen LogP contribution in [0.15, 0.2) is 18.3 Å². The smallest absolute Gasteiger partial charge is 0.151 e. The second-order valence-electron chi connectivity index (χ2n) is 7.70. The van der Waals surface area contributed by atoms with Gasteiger partial charge in [0.25, 0.3) is 0 Å². The third kappa shape index (κ3) is 3.41. The fourth-order valence-electron chi connectivity index (χ4n) is 4.76. The highest BCUT2D eigenvalue weighted by Gasteiger charge is 2.43. The van der Waals surface area contributed by atoms with E-state index < -0.39 is 0 Å². The molecule has 0 bridgehead atoms. The Kier molecular flexibility index (Phi) is 4.70. The molecule has 0 aromatic carbocycles. The van der Waals surface area contributed by atoms with Crippen LogP contribution < -0.4 is 4.90 Å². The maximum Gasteiger partial charge on any atom is 0.151 e. The summed E-state index contributed by atoms with van der Waals surface area (Å²) in [5, 5.41) is 18.7. The molecule has 6 nitrogen and oxygen atoms in total. The lowest BCUT2D eigenvalue weighted by Gasteiger charge is -2.51. The van der Waals surface area contributed by atoms with E-state index >= 15 is 0 Å². The molecule has 1 aromatic heterocycles. The Labute approximate surface area is 143 Å². The fraction of sp³-hybridized carbons (Fsp3) is 0.778. The summed E-state index contributed by atoms with van der Waals surface area (Å²) in [7, 11) is 0. The summed E-state index contributed by atoms with van der Waals surface area (Å²) in [5.41, 5.74) is 0.259. The van der Waals surface area contributed by atoms with Crippen LogP contribution in [0.4, 0.5) is 5.82 Å². The topological polar surface area (TPSA) is 61.7 Å². The molecular formula is C18H28N4O2. The van der Waals surface area contributed by atoms with Crippen molar-refractivity contribution in [3.63, 3.8) is 0 Å². The molecule has 0 radical (unpaired) electrons. The van der Waals surface area contributed by atoms with Gasteiger partial charge in [0.15, 0.2) is 5.82 Å². The Morgan fingerprint density at radius 2 is 2.00 bits per heavy atom. The highest BCUT2D eigenvalue weighted by Crippen LogP contribution is 2.41. The monoisotopic (exact) mass is 332 g/mol. The molecule has 24 heavy (non-hydrogen) atoms. The standard InChI is InChI=1S/C18H28N4O2/c23-16-12-18(14-22(13-16)15-3-10-24-11-4-15)5-8-21(9-6-18)17-2-1-7-19-20-17/h1-2,7,15-16,23H,3-6,8-14H2. The Balaban J connectivity index is 1.41. The molecule has 1 spiro atoms. The molecule has 132 valence electrons. The van der Waals surface area contributed by atoms with Gasteiger partial charge >= 0.3 is 0 Å². The van der Waals surface area contributed by atoms with Gasteiger partial charge in [-0.3, -0.25) is 4.90 Å². The summed E-state index contributed by atoms with van der Waals surface area (Å²) in [6.07, 6.45) is 6.94. The van der Waals surface area contributed by atoms with Gasteiger partial charge in [0.2, 0.25) is 0 Å². The molecule has 3 saturated heterocycles. The first-order chi connectivity index (χ1) is 11.7. The maximum absolute atomic E-state index is 10.5. The van der Waals surface area contributed by atoms with Crippen LogP contribution in [0.3, 0.4) is 0 Å². The van der Waals surface area contributed by atoms with Crippen LogP contribution in [0.25, 0.3) is 0 Å². The van der Waals surface area contributed by atoms with Gasteiger partial charge in [-0.15, -0.1) is 5.10 Å². The number of nitrogens with zero attached hydrogens (tertiary/aromatic N) is 4. The van der Waals surface area contributed by atoms with Gasteiger partial charge in [0.1, 0.15) is 0 Å². The second-order valence-corrected chi connectivity index (χ2v) is 7.70. The average molecular weight is 332 g/mol. The van der Waals surface area contributed by atoms with Gasteiger partial charge in [-0.1, -0.05) is 0 Å². The molecule has 0 aliphatic carbocycles. The Morgan fingerprint density at radius 3 is 2.71 bits per heavy atom. The van der Waals surface area contributed by atoms with Crippen LogP contribution in [0.2, 0.25) is 0 Å². The number of rotatable bonds is 2. The number of hydrogen-bond acceptors (Lipinski definition) is 6. The number of anilines is 1. The lowest BCUT2D eigenvalue weighted by atomic mass is 9.71. The quantitative estimate of drug-likeness (QED) is 0.881. The van der Waals surface area contributed by atoms with Crippen molar-refractivity contribution in [1.82, 2.24) is 15.1 Å². The summed E-state index contributed by atoms with van der Waals surface area (Å²) in [4.78, 5) is 4.88. The number of ether oxygens (including phenoxy) is 1. The molecule has 0 amide bonds. The number of hydrogen-bond donors (Lipinski definition) is 1. The van der Waals surface area contributed by atoms with Gasteiger partial charge in [-0.05, 0) is 49.7 Å². The predicted molar refractivity (Wildman–Crippen MR) is 91.9 cm³/mol. The van der Waals surface area contributed by atoms with E-state index in [1.165, 1.54) is 0 Å². The highest BCUT2D eigenvalue weighted by molar-refractivity contribution is 5.37. The van der Waals surface area contributed by atoms with Crippen LogP contribution in [0, 0.1) is 5.41 Å². The molecule has 3 aliphatic heterocycles. The van der Waals surface area contributed by atoms with Crippen molar-refractivity contribution in [2.45, 2.75) is 44.2 Å². The summed E-state index contributed by atoms with van der Waals surface area (Å²) in [5.74, 6) is 0.977. The van der Waals surface area contributed by atoms with E-state index in [1.807, 2.05) is 12.1 Å². The van der Waals surface area contributed by atoms with Crippen molar-refractivity contribution in [2.75, 3.05) is 44.3 Å². The van der Waals surface area contributed by atoms with E-state index in [1.54, 1.807) is 6.20 Å². The Morgan fingerprint density at radius 1 is 1.21 bits per heavy atom. The van der Waals surface area contributed by atoms with Gasteiger partial charge < -0.3 is 14.7 Å². The third-order valence-electron chi connectivity index (χ3n) is 6.07. The molecule has 4 rings (SSSR count). The van der Waals surface area contributed by atoms with E-state index in [2.05, 4.69) is 20.0 Å². The second kappa shape index (κ2) is 6.94. The van der Waals surface area contributed by atoms with Crippen molar-refractivity contribution in [1.29, 1.82) is 0 Å². The SMILES string of the molecule is OC1CN(C2CCOCC2)CC2(CCN(c3cccnn3)CC2)C1. The van der Waals surface area contributed by atoms with E-state index in [9.17, 15) is 5.11 Å². The third-order valence-corrected chi connectivity index (χ3v) is 6.07. The van der Waals surface area contributed by atoms with Gasteiger partial charge in [0.05, 0.1) is 6.10 Å². The number of aromatic nitrogens is 2. The number of aliphatic hydroxyl groups is 1. The van der Waals surface area contributed by atoms with Crippen LogP contribution >= 0.6 is 0 Å². The lowest BCUT2D eigenvalue weighted by molar-refractivity contribution is -0.0602. The number of β-amino-alcohol motifs (C(OH)–C–C–N with tert-alkyl or cyclic N) is 1. The average Bonchev–Trinajstić information content (AvgIpc) is 2.63. The Bertz CT molecular complexity index is 527. The van der Waals surface area contributed by atoms with Gasteiger partial charge in [-0.25, -0.2) is 0 Å². The molecule has 1 atom stereocenters. The first-order valence-corrected chi connectivity index (χ1v) is 9.27. The molecule has 1 N–H and O–H groups in total. The minimum Gasteiger partial charge on any atom is -0.392 e. The number of likely N-dealkylation sites (tertiary alicyclic amines) is 1. The van der Waals surface area contributed by atoms with Crippen molar-refractivity contribution < 1.29 is 9.84 Å². The van der Waals surface area contributed by atoms with Crippen LogP contribution in [-0.2, 0) is 4.74 Å². The van der Waals surface area contributed by atoms with E-state index in [4.69, 9.17) is 4.74 Å². The van der Waals surface area contributed by atoms with E-state index in [0.29, 0.717) is 6.04 Å². The molecule has 4 heterocycles. The minimum atomic E-state index is -0.190. The van der Waals surface area contributed by atoms with Crippen LogP contribution in [0.5, 0.6) is 0 Å². The first-order valence-electron chi connectivity index (χ1n) is 9.27. The normalized spacial score (nSPS) is 29.0. The summed E-state index contributed by atoms with van der Waals surface area (Å²) in [6, 6.07) is 4.57. The molecule has 3 fully saturated rings. The summed E-state index contributed by atoms with van der Waals surface area (Å²) >= 11 is 0. The first kappa shape index (κ1) is 16.2. The maximum atomic E-state index is 10.5. The van der Waals surface area contributed by atoms with Crippen molar-refractivity contribution in [3.8, 4) is 0 Å². The molecule has 3 aliphatic rings. The predicted octanol–water partition coefficient (Wildman–Crippen LogP) is 1.31. The lowest BCUT2D eigenvalue weighted by Crippen LogP contribution is -2.57. The molecule has 1 unspecified atom stereocenters. The van der Waals surface area contributed by atoms with Crippen molar-refractivity contribution >= 4 is 5.82 Å².